The first kappa shape index (κ1) is 54.5. The third-order valence-electron chi connectivity index (χ3n) is 17.6. The van der Waals surface area contributed by atoms with Gasteiger partial charge in [0.1, 0.15) is 76.3 Å². The second-order valence-electron chi connectivity index (χ2n) is 26.0. The third kappa shape index (κ3) is 17.3. The fourth-order valence-electron chi connectivity index (χ4n) is 12.1. The maximum absolute atomic E-state index is 14.7. The molecule has 3 saturated heterocycles. The van der Waals surface area contributed by atoms with Crippen LogP contribution in [0.4, 0.5) is 17.1 Å². The molecule has 3 N–H and O–H groups in total. The number of rotatable bonds is 12. The Morgan fingerprint density at radius 3 is 1.05 bits per heavy atom. The number of anilines is 3. The maximum Gasteiger partial charge on any atom is 0.261 e. The topological polar surface area (TPSA) is 223 Å². The van der Waals surface area contributed by atoms with Crippen LogP contribution in [0.5, 0.6) is 0 Å². The minimum absolute atomic E-state index is 0.0204. The van der Waals surface area contributed by atoms with Gasteiger partial charge in [-0.3, -0.25) is 4.79 Å². The molecule has 6 aliphatic heterocycles. The molecule has 9 aliphatic rings. The number of hydrogen-bond donors (Lipinski definition) is 3. The predicted molar refractivity (Wildman–Crippen MR) is 454 cm³/mol. The fourth-order valence-corrected chi connectivity index (χ4v) is 16.0. The van der Waals surface area contributed by atoms with Crippen LogP contribution in [-0.2, 0) is 33.9 Å². The van der Waals surface area contributed by atoms with E-state index in [1.165, 1.54) is 59.0 Å². The molecule has 0 unspecified atom stereocenters. The quantitative estimate of drug-likeness (QED) is 0.0340. The van der Waals surface area contributed by atoms with Crippen LogP contribution in [0.3, 0.4) is 0 Å². The van der Waals surface area contributed by atoms with Gasteiger partial charge in [-0.15, -0.1) is 0 Å². The zero-order valence-corrected chi connectivity index (χ0v) is 67.0. The van der Waals surface area contributed by atoms with E-state index in [0.717, 1.165) is 55.7 Å². The number of sulfonamides is 2. The first-order chi connectivity index (χ1) is 61.4. The van der Waals surface area contributed by atoms with E-state index < -0.39 is 131 Å². The van der Waals surface area contributed by atoms with Gasteiger partial charge in [0.2, 0.25) is 42.0 Å². The van der Waals surface area contributed by atoms with E-state index in [4.69, 9.17) is 56.8 Å². The van der Waals surface area contributed by atoms with Crippen LogP contribution in [0.15, 0.2) is 210 Å². The standard InChI is InChI=1S/C29H32IN4O4S.C27H31N4O3S.C23H22ClN2O3S.C4H10N2/c1-31(2)20-9-11-22-25(17-20)38-26-18-21(32(3)4)10-12-23(26)29(22)24-7-5-6-8-27(24)39(36,37)34-15-13-33(14-16-34)28(35)19-30;1-29(2)19-9-11-21-24(17-19)34-25-18-20(30(3)4)10-12-22(25)27(21)23-7-5-6-8-26(23)35(32,33)31-15-13-28-14-16-31;1-25(2)15-9-11-17-20(13-15)29-21-14-16(26(3)4)10-12-18(21)23(17)19-7-5-6-8-22(19)30(24,27)28;1-2-6-4-3-5-1/h5-12,17-18H,13-16,19H2,1-4H3;5-12,17-18,28H,13-16H2,1-4H3;5-14H,1-4H3;5-6H,1-4H2/q3*+1;/i2*13D2,14D2,15D2,16D2;;1D2,2D2,3D2,4D2. The van der Waals surface area contributed by atoms with Crippen molar-refractivity contribution in [3.63, 3.8) is 0 Å². The van der Waals surface area contributed by atoms with Crippen LogP contribution < -0.4 is 60.4 Å². The van der Waals surface area contributed by atoms with Gasteiger partial charge in [-0.1, -0.05) is 77.2 Å². The Morgan fingerprint density at radius 2 is 0.727 bits per heavy atom. The molecule has 110 heavy (non-hydrogen) atoms. The summed E-state index contributed by atoms with van der Waals surface area (Å²) in [6.07, 6.45) is 0. The molecular weight excluding hydrogens is 1580 g/mol. The fraction of sp³-hybridized carbons (Fsp3) is 0.301. The van der Waals surface area contributed by atoms with Crippen molar-refractivity contribution in [3.05, 3.63) is 198 Å². The summed E-state index contributed by atoms with van der Waals surface area (Å²) in [5.41, 5.74) is 8.11. The number of hydrogen-bond acceptors (Lipinski definition) is 16. The van der Waals surface area contributed by atoms with Crippen molar-refractivity contribution in [2.45, 2.75) is 14.7 Å². The summed E-state index contributed by atoms with van der Waals surface area (Å²) in [4.78, 5) is 17.3. The van der Waals surface area contributed by atoms with Gasteiger partial charge in [0.15, 0.2) is 0 Å². The average molecular weight is 1700 g/mol. The van der Waals surface area contributed by atoms with Crippen LogP contribution in [0, 0.1) is 0 Å². The van der Waals surface area contributed by atoms with Gasteiger partial charge in [-0.05, 0) is 72.8 Å². The molecule has 576 valence electrons. The van der Waals surface area contributed by atoms with Crippen LogP contribution in [0.2, 0.25) is 0 Å². The Bertz CT molecular complexity index is 7080. The van der Waals surface area contributed by atoms with Crippen LogP contribution in [0.1, 0.15) is 32.9 Å². The highest BCUT2D eigenvalue weighted by molar-refractivity contribution is 14.1. The second kappa shape index (κ2) is 34.3. The Hall–Kier alpha value is -9.07. The third-order valence-corrected chi connectivity index (χ3v) is 22.8. The number of amides is 1. The smallest absolute Gasteiger partial charge is 0.261 e. The molecule has 27 heteroatoms. The van der Waals surface area contributed by atoms with Crippen molar-refractivity contribution in [1.29, 1.82) is 0 Å². The highest BCUT2D eigenvalue weighted by Crippen LogP contribution is 2.47. The molecule has 22 nitrogen and oxygen atoms in total. The van der Waals surface area contributed by atoms with Crippen molar-refractivity contribution >= 4 is 118 Å². The van der Waals surface area contributed by atoms with Gasteiger partial charge in [0, 0.05) is 278 Å². The maximum atomic E-state index is 14.7. The Kier molecular flexibility index (Phi) is 17.0. The molecular formula is C83H95ClIN12O10S3+3. The van der Waals surface area contributed by atoms with Crippen molar-refractivity contribution in [2.24, 2.45) is 0 Å². The van der Waals surface area contributed by atoms with E-state index in [2.05, 4.69) is 0 Å². The molecule has 1 amide bonds. The van der Waals surface area contributed by atoms with Crippen LogP contribution in [-0.4, -0.2) is 212 Å². The summed E-state index contributed by atoms with van der Waals surface area (Å²) in [5, 5.41) is 9.43. The lowest BCUT2D eigenvalue weighted by Gasteiger charge is -2.34. The monoisotopic (exact) mass is 1700 g/mol. The number of nitrogens with zero attached hydrogens (tertiary/aromatic N) is 9. The minimum Gasteiger partial charge on any atom is -0.456 e. The zero-order chi connectivity index (χ0) is 100. The molecule has 15 rings (SSSR count). The molecule has 0 atom stereocenters. The van der Waals surface area contributed by atoms with Crippen molar-refractivity contribution in [2.75, 3.05) is 182 Å². The molecule has 3 aliphatic carbocycles. The molecule has 0 saturated carbocycles. The number of alkyl halides is 1. The first-order valence-corrected chi connectivity index (χ1v) is 40.3. The van der Waals surface area contributed by atoms with Gasteiger partial charge in [-0.2, -0.15) is 8.61 Å². The van der Waals surface area contributed by atoms with Crippen LogP contribution >= 0.6 is 33.3 Å². The van der Waals surface area contributed by atoms with Crippen LogP contribution in [0.25, 0.3) is 100 Å². The Morgan fingerprint density at radius 1 is 0.418 bits per heavy atom. The van der Waals surface area contributed by atoms with Crippen molar-refractivity contribution in [1.82, 2.24) is 43.2 Å². The molecule has 3 fully saturated rings. The first-order valence-electron chi connectivity index (χ1n) is 45.6. The number of carbonyl (C=O) groups excluding carboxylic acids is 1. The van der Waals surface area contributed by atoms with E-state index in [1.807, 2.05) is 180 Å². The normalized spacial score (nSPS) is 23.2. The number of nitrogens with one attached hydrogen (secondary N) is 3. The number of halogens is 2. The average Bonchev–Trinajstić information content (AvgIpc) is 0.674. The largest absolute Gasteiger partial charge is 0.456 e. The number of benzene rings is 9. The summed E-state index contributed by atoms with van der Waals surface area (Å²) in [6.45, 7) is -39.2. The molecule has 6 aromatic rings. The van der Waals surface area contributed by atoms with Gasteiger partial charge < -0.3 is 48.8 Å². The summed E-state index contributed by atoms with van der Waals surface area (Å²) in [6, 6.07) is 51.2. The molecule has 6 heterocycles. The lowest BCUT2D eigenvalue weighted by Crippen LogP contribution is -2.50. The number of fused-ring (bicyclic) bond motifs is 6. The highest BCUT2D eigenvalue weighted by Gasteiger charge is 2.35. The van der Waals surface area contributed by atoms with E-state index >= 15 is 0 Å². The van der Waals surface area contributed by atoms with E-state index in [9.17, 15) is 30.0 Å². The highest BCUT2D eigenvalue weighted by atomic mass is 127. The summed E-state index contributed by atoms with van der Waals surface area (Å²) in [7, 11) is 13.9. The molecule has 0 spiro atoms. The van der Waals surface area contributed by atoms with Gasteiger partial charge in [0.05, 0.1) is 42.8 Å². The Labute approximate surface area is 695 Å². The van der Waals surface area contributed by atoms with Gasteiger partial charge in [0.25, 0.3) is 9.05 Å². The molecule has 6 aromatic carbocycles. The summed E-state index contributed by atoms with van der Waals surface area (Å²) < 4.78 is 299. The molecule has 0 aromatic heterocycles. The lowest BCUT2D eigenvalue weighted by atomic mass is 9.93. The van der Waals surface area contributed by atoms with Gasteiger partial charge >= 0.3 is 0 Å². The summed E-state index contributed by atoms with van der Waals surface area (Å²) >= 11 is 1.52. The summed E-state index contributed by atoms with van der Waals surface area (Å²) in [5.74, 6) is 0.246. The predicted octanol–water partition coefficient (Wildman–Crippen LogP) is 9.88. The second-order valence-corrected chi connectivity index (χ2v) is 32.8. The van der Waals surface area contributed by atoms with E-state index in [1.54, 1.807) is 88.7 Å². The van der Waals surface area contributed by atoms with E-state index in [-0.39, 0.29) is 25.2 Å². The van der Waals surface area contributed by atoms with Crippen molar-refractivity contribution < 1.29 is 76.2 Å². The molecule has 0 bridgehead atoms. The number of piperazine rings is 3. The number of carbonyl (C=O) groups is 1. The molecule has 0 radical (unpaired) electrons. The Balaban J connectivity index is 0.000000171. The lowest BCUT2D eigenvalue weighted by molar-refractivity contribution is -0.129. The zero-order valence-electron chi connectivity index (χ0n) is 85.6. The van der Waals surface area contributed by atoms with E-state index in [0.29, 0.717) is 72.6 Å². The van der Waals surface area contributed by atoms with Crippen molar-refractivity contribution in [3.8, 4) is 67.4 Å². The minimum atomic E-state index is -5.42. The SMILES string of the molecule is CN(C)c1ccc2c(-c3ccccc3S(=O)(=O)Cl)c3ccc(=[N+](C)C)cc-3oc2c1.[2H]C1([2H])N(C(=O)CI)C([2H])([2H])C([2H])([2H])N(S(=O)(=O)c2ccccc2-c2c3ccc(=[N+](C)C)cc-3oc3cc(N(C)C)ccc23)C1([2H])[2H].[2H]C1([2H])NC([2H])([2H])C([2H])([2H])N(S(=O)(=O)c2ccccc2-c2c3ccc(=[N+](C)C)cc-3oc3cc(N(C)C)ccc23)C1([2H])[2H].[2H]C1([2H])NC([2H])([2H])C([2H])([2H])NC1([2H])[2H]. The van der Waals surface area contributed by atoms with Gasteiger partial charge in [-0.25, -0.2) is 39.0 Å².